The Bertz CT molecular complexity index is 473. The number of hydrogen-bond donors (Lipinski definition) is 1. The van der Waals surface area contributed by atoms with Gasteiger partial charge in [-0.1, -0.05) is 26.3 Å². The van der Waals surface area contributed by atoms with Gasteiger partial charge in [-0.15, -0.1) is 0 Å². The molecular weight excluding hydrogens is 198 g/mol. The number of aliphatic hydroxyl groups is 1. The molecule has 16 heavy (non-hydrogen) atoms. The first kappa shape index (κ1) is 11.2. The summed E-state index contributed by atoms with van der Waals surface area (Å²) in [5.41, 5.74) is 2.24. The maximum Gasteiger partial charge on any atom is 0.0682 e. The monoisotopic (exact) mass is 217 g/mol. The van der Waals surface area contributed by atoms with Crippen molar-refractivity contribution in [3.8, 4) is 0 Å². The first-order chi connectivity index (χ1) is 7.74. The highest BCUT2D eigenvalue weighted by molar-refractivity contribution is 5.80. The van der Waals surface area contributed by atoms with Crippen LogP contribution >= 0.6 is 0 Å². The molecule has 0 amide bonds. The molecule has 0 bridgehead atoms. The lowest BCUT2D eigenvalue weighted by Gasteiger charge is -2.11. The van der Waals surface area contributed by atoms with Crippen LogP contribution in [0.5, 0.6) is 0 Å². The number of nitrogens with zero attached hydrogens (tertiary/aromatic N) is 1. The molecule has 0 aliphatic rings. The molecule has 0 fully saturated rings. The standard InChI is InChI=1S/C14H19NO/c1-3-11(2)9-15-7-6-13-8-12(10-16)4-5-14(13)15/h4-8,11,16H,3,9-10H2,1-2H3. The van der Waals surface area contributed by atoms with E-state index >= 15 is 0 Å². The van der Waals surface area contributed by atoms with Crippen LogP contribution in [0.1, 0.15) is 25.8 Å². The van der Waals surface area contributed by atoms with E-state index in [0.717, 1.165) is 12.1 Å². The van der Waals surface area contributed by atoms with Crippen LogP contribution in [0.3, 0.4) is 0 Å². The molecule has 1 atom stereocenters. The van der Waals surface area contributed by atoms with Crippen molar-refractivity contribution in [2.75, 3.05) is 0 Å². The third kappa shape index (κ3) is 2.12. The third-order valence-electron chi connectivity index (χ3n) is 3.22. The normalized spacial score (nSPS) is 13.2. The second-order valence-corrected chi connectivity index (χ2v) is 4.53. The summed E-state index contributed by atoms with van der Waals surface area (Å²) in [5, 5.41) is 10.3. The van der Waals surface area contributed by atoms with Crippen LogP contribution in [0.2, 0.25) is 0 Å². The molecule has 0 saturated carbocycles. The molecule has 0 aliphatic carbocycles. The Morgan fingerprint density at radius 3 is 2.81 bits per heavy atom. The molecule has 1 heterocycles. The maximum atomic E-state index is 9.08. The van der Waals surface area contributed by atoms with Gasteiger partial charge in [-0.3, -0.25) is 0 Å². The summed E-state index contributed by atoms with van der Waals surface area (Å²) in [6.45, 7) is 5.68. The fourth-order valence-electron chi connectivity index (χ4n) is 1.97. The molecule has 1 aromatic heterocycles. The van der Waals surface area contributed by atoms with E-state index in [4.69, 9.17) is 5.11 Å². The van der Waals surface area contributed by atoms with Gasteiger partial charge in [0.25, 0.3) is 0 Å². The fourth-order valence-corrected chi connectivity index (χ4v) is 1.97. The Morgan fingerprint density at radius 1 is 1.31 bits per heavy atom. The Kier molecular flexibility index (Phi) is 3.30. The van der Waals surface area contributed by atoms with E-state index < -0.39 is 0 Å². The van der Waals surface area contributed by atoms with Crippen molar-refractivity contribution in [3.63, 3.8) is 0 Å². The van der Waals surface area contributed by atoms with E-state index in [1.54, 1.807) is 0 Å². The summed E-state index contributed by atoms with van der Waals surface area (Å²) in [4.78, 5) is 0. The Hall–Kier alpha value is -1.28. The van der Waals surface area contributed by atoms with E-state index in [1.807, 2.05) is 6.07 Å². The van der Waals surface area contributed by atoms with E-state index in [9.17, 15) is 0 Å². The lowest BCUT2D eigenvalue weighted by molar-refractivity contribution is 0.282. The van der Waals surface area contributed by atoms with Crippen LogP contribution < -0.4 is 0 Å². The van der Waals surface area contributed by atoms with Crippen molar-refractivity contribution in [1.82, 2.24) is 4.57 Å². The fraction of sp³-hybridized carbons (Fsp3) is 0.429. The Balaban J connectivity index is 2.34. The zero-order valence-corrected chi connectivity index (χ0v) is 9.98. The summed E-state index contributed by atoms with van der Waals surface area (Å²) in [6, 6.07) is 8.28. The molecule has 0 saturated heterocycles. The van der Waals surface area contributed by atoms with Crippen molar-refractivity contribution in [3.05, 3.63) is 36.0 Å². The first-order valence-electron chi connectivity index (χ1n) is 5.93. The topological polar surface area (TPSA) is 25.2 Å². The van der Waals surface area contributed by atoms with Gasteiger partial charge in [0, 0.05) is 18.3 Å². The highest BCUT2D eigenvalue weighted by Gasteiger charge is 2.05. The minimum Gasteiger partial charge on any atom is -0.392 e. The Labute approximate surface area is 96.5 Å². The van der Waals surface area contributed by atoms with E-state index in [1.165, 1.54) is 17.3 Å². The quantitative estimate of drug-likeness (QED) is 0.836. The van der Waals surface area contributed by atoms with Crippen molar-refractivity contribution < 1.29 is 5.11 Å². The van der Waals surface area contributed by atoms with Crippen LogP contribution in [-0.2, 0) is 13.2 Å². The molecular formula is C14H19NO. The predicted molar refractivity (Wildman–Crippen MR) is 67.3 cm³/mol. The van der Waals surface area contributed by atoms with Gasteiger partial charge < -0.3 is 9.67 Å². The molecule has 2 nitrogen and oxygen atoms in total. The lowest BCUT2D eigenvalue weighted by Crippen LogP contribution is -2.05. The zero-order valence-electron chi connectivity index (χ0n) is 9.98. The smallest absolute Gasteiger partial charge is 0.0682 e. The summed E-state index contributed by atoms with van der Waals surface area (Å²) in [7, 11) is 0. The van der Waals surface area contributed by atoms with Crippen molar-refractivity contribution in [1.29, 1.82) is 0 Å². The molecule has 0 aliphatic heterocycles. The highest BCUT2D eigenvalue weighted by Crippen LogP contribution is 2.19. The van der Waals surface area contributed by atoms with Gasteiger partial charge in [0.05, 0.1) is 6.61 Å². The second kappa shape index (κ2) is 4.71. The first-order valence-corrected chi connectivity index (χ1v) is 5.93. The van der Waals surface area contributed by atoms with E-state index in [0.29, 0.717) is 5.92 Å². The molecule has 1 aromatic carbocycles. The van der Waals surface area contributed by atoms with Crippen molar-refractivity contribution in [2.45, 2.75) is 33.4 Å². The van der Waals surface area contributed by atoms with Crippen LogP contribution in [0.25, 0.3) is 10.9 Å². The molecule has 86 valence electrons. The predicted octanol–water partition coefficient (Wildman–Crippen LogP) is 3.18. The lowest BCUT2D eigenvalue weighted by atomic mass is 10.1. The van der Waals surface area contributed by atoms with E-state index in [2.05, 4.69) is 42.8 Å². The molecule has 2 rings (SSSR count). The van der Waals surface area contributed by atoms with Crippen LogP contribution in [0.15, 0.2) is 30.5 Å². The van der Waals surface area contributed by atoms with Crippen LogP contribution in [0.4, 0.5) is 0 Å². The number of aliphatic hydroxyl groups excluding tert-OH is 1. The molecule has 2 heteroatoms. The second-order valence-electron chi connectivity index (χ2n) is 4.53. The van der Waals surface area contributed by atoms with Gasteiger partial charge >= 0.3 is 0 Å². The number of hydrogen-bond acceptors (Lipinski definition) is 1. The molecule has 0 radical (unpaired) electrons. The number of rotatable bonds is 4. The number of fused-ring (bicyclic) bond motifs is 1. The maximum absolute atomic E-state index is 9.08. The van der Waals surface area contributed by atoms with Crippen LogP contribution in [-0.4, -0.2) is 9.67 Å². The third-order valence-corrected chi connectivity index (χ3v) is 3.22. The highest BCUT2D eigenvalue weighted by atomic mass is 16.3. The minimum atomic E-state index is 0.118. The minimum absolute atomic E-state index is 0.118. The summed E-state index contributed by atoms with van der Waals surface area (Å²) in [5.74, 6) is 0.702. The van der Waals surface area contributed by atoms with Gasteiger partial charge in [-0.2, -0.15) is 0 Å². The molecule has 0 spiro atoms. The average molecular weight is 217 g/mol. The van der Waals surface area contributed by atoms with Gasteiger partial charge in [0.15, 0.2) is 0 Å². The SMILES string of the molecule is CCC(C)Cn1ccc2cc(CO)ccc21. The zero-order chi connectivity index (χ0) is 11.5. The van der Waals surface area contributed by atoms with E-state index in [-0.39, 0.29) is 6.61 Å². The summed E-state index contributed by atoms with van der Waals surface area (Å²) >= 11 is 0. The number of benzene rings is 1. The van der Waals surface area contributed by atoms with Gasteiger partial charge in [-0.25, -0.2) is 0 Å². The largest absolute Gasteiger partial charge is 0.392 e. The molecule has 1 unspecified atom stereocenters. The van der Waals surface area contributed by atoms with Crippen molar-refractivity contribution in [2.24, 2.45) is 5.92 Å². The van der Waals surface area contributed by atoms with Crippen molar-refractivity contribution >= 4 is 10.9 Å². The van der Waals surface area contributed by atoms with Crippen LogP contribution in [0, 0.1) is 5.92 Å². The molecule has 2 aromatic rings. The molecule has 1 N–H and O–H groups in total. The van der Waals surface area contributed by atoms with Gasteiger partial charge in [-0.05, 0) is 35.1 Å². The summed E-state index contributed by atoms with van der Waals surface area (Å²) in [6.07, 6.45) is 3.34. The average Bonchev–Trinajstić information content (AvgIpc) is 2.71. The summed E-state index contributed by atoms with van der Waals surface area (Å²) < 4.78 is 2.30. The van der Waals surface area contributed by atoms with Gasteiger partial charge in [0.1, 0.15) is 0 Å². The Morgan fingerprint density at radius 2 is 2.12 bits per heavy atom. The van der Waals surface area contributed by atoms with Gasteiger partial charge in [0.2, 0.25) is 0 Å². The number of aromatic nitrogens is 1.